The number of nitrogens with one attached hydrogen (secondary N) is 1. The zero-order chi connectivity index (χ0) is 14.0. The van der Waals surface area contributed by atoms with E-state index >= 15 is 0 Å². The minimum Gasteiger partial charge on any atom is -0.378 e. The van der Waals surface area contributed by atoms with Crippen LogP contribution in [0.25, 0.3) is 0 Å². The fourth-order valence-electron chi connectivity index (χ4n) is 1.52. The highest BCUT2D eigenvalue weighted by atomic mass is 79.9. The van der Waals surface area contributed by atoms with Crippen molar-refractivity contribution in [2.45, 2.75) is 6.92 Å². The zero-order valence-corrected chi connectivity index (χ0v) is 11.5. The number of nitrogens with zero attached hydrogens (tertiary/aromatic N) is 3. The molecular weight excluding hydrogens is 314 g/mol. The molecule has 0 unspecified atom stereocenters. The van der Waals surface area contributed by atoms with Gasteiger partial charge in [0.2, 0.25) is 11.6 Å². The van der Waals surface area contributed by atoms with E-state index in [4.69, 9.17) is 5.73 Å². The number of nitrogens with two attached hydrogens (primary N) is 1. The molecular formula is C11H10BrN5O2. The maximum atomic E-state index is 11.0. The molecule has 0 spiro atoms. The molecule has 0 saturated carbocycles. The predicted octanol–water partition coefficient (Wildman–Crippen LogP) is 2.78. The topological polar surface area (TPSA) is 107 Å². The minimum absolute atomic E-state index is 0.0682. The lowest BCUT2D eigenvalue weighted by atomic mass is 10.2. The Kier molecular flexibility index (Phi) is 3.61. The molecule has 8 heteroatoms. The van der Waals surface area contributed by atoms with Crippen molar-refractivity contribution in [3.8, 4) is 0 Å². The van der Waals surface area contributed by atoms with Crippen LogP contribution in [0.1, 0.15) is 5.56 Å². The van der Waals surface area contributed by atoms with Gasteiger partial charge in [-0.15, -0.1) is 0 Å². The average Bonchev–Trinajstić information content (AvgIpc) is 2.33. The summed E-state index contributed by atoms with van der Waals surface area (Å²) < 4.78 is 0.852. The molecule has 7 nitrogen and oxygen atoms in total. The number of benzene rings is 1. The van der Waals surface area contributed by atoms with Crippen LogP contribution in [0.15, 0.2) is 29.0 Å². The molecule has 0 aliphatic rings. The van der Waals surface area contributed by atoms with Crippen molar-refractivity contribution < 1.29 is 4.92 Å². The number of aromatic nitrogens is 2. The second-order valence-electron chi connectivity index (χ2n) is 3.80. The van der Waals surface area contributed by atoms with E-state index in [1.807, 2.05) is 19.1 Å². The second kappa shape index (κ2) is 5.19. The summed E-state index contributed by atoms with van der Waals surface area (Å²) in [7, 11) is 0. The van der Waals surface area contributed by atoms with Crippen molar-refractivity contribution in [3.63, 3.8) is 0 Å². The third-order valence-corrected chi connectivity index (χ3v) is 2.98. The van der Waals surface area contributed by atoms with Gasteiger partial charge in [0.1, 0.15) is 6.33 Å². The summed E-state index contributed by atoms with van der Waals surface area (Å²) in [5.74, 6) is -0.103. The average molecular weight is 324 g/mol. The molecule has 1 aromatic heterocycles. The third kappa shape index (κ3) is 2.79. The largest absolute Gasteiger partial charge is 0.378 e. The van der Waals surface area contributed by atoms with Gasteiger partial charge in [-0.1, -0.05) is 22.0 Å². The van der Waals surface area contributed by atoms with Crippen molar-refractivity contribution in [3.05, 3.63) is 44.7 Å². The molecule has 0 aliphatic heterocycles. The lowest BCUT2D eigenvalue weighted by Crippen LogP contribution is -2.05. The van der Waals surface area contributed by atoms with E-state index in [0.29, 0.717) is 5.69 Å². The predicted molar refractivity (Wildman–Crippen MR) is 75.3 cm³/mol. The van der Waals surface area contributed by atoms with Gasteiger partial charge in [0.15, 0.2) is 0 Å². The Morgan fingerprint density at radius 1 is 1.42 bits per heavy atom. The van der Waals surface area contributed by atoms with Gasteiger partial charge < -0.3 is 11.1 Å². The molecule has 0 atom stereocenters. The van der Waals surface area contributed by atoms with E-state index in [2.05, 4.69) is 31.2 Å². The molecule has 0 fully saturated rings. The summed E-state index contributed by atoms with van der Waals surface area (Å²) in [5.41, 5.74) is 6.80. The van der Waals surface area contributed by atoms with E-state index in [1.54, 1.807) is 6.07 Å². The molecule has 0 amide bonds. The number of nitro groups is 1. The molecule has 0 aliphatic carbocycles. The lowest BCUT2D eigenvalue weighted by Gasteiger charge is -2.09. The SMILES string of the molecule is Cc1ccc(Br)cc1Nc1ncnc(N)c1[N+](=O)[O-]. The maximum absolute atomic E-state index is 11.0. The molecule has 0 bridgehead atoms. The Morgan fingerprint density at radius 3 is 2.84 bits per heavy atom. The Balaban J connectivity index is 2.46. The first-order chi connectivity index (χ1) is 8.99. The van der Waals surface area contributed by atoms with E-state index in [-0.39, 0.29) is 17.3 Å². The number of rotatable bonds is 3. The Labute approximate surface area is 117 Å². The highest BCUT2D eigenvalue weighted by Gasteiger charge is 2.21. The van der Waals surface area contributed by atoms with Crippen LogP contribution in [0.4, 0.5) is 23.0 Å². The Hall–Kier alpha value is -2.22. The Bertz CT molecular complexity index is 647. The zero-order valence-electron chi connectivity index (χ0n) is 9.92. The number of hydrogen-bond donors (Lipinski definition) is 2. The fraction of sp³-hybridized carbons (Fsp3) is 0.0909. The first kappa shape index (κ1) is 13.2. The number of nitrogen functional groups attached to an aromatic ring is 1. The monoisotopic (exact) mass is 323 g/mol. The van der Waals surface area contributed by atoms with Gasteiger partial charge in [-0.05, 0) is 24.6 Å². The van der Waals surface area contributed by atoms with E-state index in [1.165, 1.54) is 6.33 Å². The molecule has 98 valence electrons. The summed E-state index contributed by atoms with van der Waals surface area (Å²) in [6.45, 7) is 1.88. The molecule has 19 heavy (non-hydrogen) atoms. The smallest absolute Gasteiger partial charge is 0.353 e. The summed E-state index contributed by atoms with van der Waals surface area (Å²) in [6, 6.07) is 5.56. The van der Waals surface area contributed by atoms with Gasteiger partial charge in [-0.25, -0.2) is 9.97 Å². The van der Waals surface area contributed by atoms with Crippen molar-refractivity contribution in [1.29, 1.82) is 0 Å². The van der Waals surface area contributed by atoms with Crippen LogP contribution in [0.2, 0.25) is 0 Å². The van der Waals surface area contributed by atoms with Crippen LogP contribution in [0.5, 0.6) is 0 Å². The van der Waals surface area contributed by atoms with E-state index < -0.39 is 4.92 Å². The van der Waals surface area contributed by atoms with Crippen molar-refractivity contribution in [2.75, 3.05) is 11.1 Å². The first-order valence-electron chi connectivity index (χ1n) is 5.27. The molecule has 1 aromatic carbocycles. The Morgan fingerprint density at radius 2 is 2.16 bits per heavy atom. The van der Waals surface area contributed by atoms with Crippen LogP contribution >= 0.6 is 15.9 Å². The molecule has 0 radical (unpaired) electrons. The van der Waals surface area contributed by atoms with Crippen molar-refractivity contribution in [2.24, 2.45) is 0 Å². The molecule has 1 heterocycles. The molecule has 3 N–H and O–H groups in total. The van der Waals surface area contributed by atoms with Crippen molar-refractivity contribution >= 4 is 38.9 Å². The van der Waals surface area contributed by atoms with Crippen molar-refractivity contribution in [1.82, 2.24) is 9.97 Å². The van der Waals surface area contributed by atoms with E-state index in [0.717, 1.165) is 10.0 Å². The fourth-order valence-corrected chi connectivity index (χ4v) is 1.88. The van der Waals surface area contributed by atoms with Crippen LogP contribution in [0, 0.1) is 17.0 Å². The molecule has 2 aromatic rings. The first-order valence-corrected chi connectivity index (χ1v) is 6.06. The summed E-state index contributed by atoms with van der Waals surface area (Å²) in [4.78, 5) is 17.9. The van der Waals surface area contributed by atoms with Gasteiger partial charge >= 0.3 is 5.69 Å². The number of anilines is 3. The van der Waals surface area contributed by atoms with Crippen LogP contribution in [0.3, 0.4) is 0 Å². The van der Waals surface area contributed by atoms with Gasteiger partial charge in [0.05, 0.1) is 4.92 Å². The van der Waals surface area contributed by atoms with Gasteiger partial charge in [-0.2, -0.15) is 0 Å². The molecule has 2 rings (SSSR count). The number of halogens is 1. The number of hydrogen-bond acceptors (Lipinski definition) is 6. The maximum Gasteiger partial charge on any atom is 0.353 e. The normalized spacial score (nSPS) is 10.2. The van der Waals surface area contributed by atoms with Gasteiger partial charge in [0.25, 0.3) is 0 Å². The van der Waals surface area contributed by atoms with Gasteiger partial charge in [0, 0.05) is 10.2 Å². The lowest BCUT2D eigenvalue weighted by molar-refractivity contribution is -0.383. The highest BCUT2D eigenvalue weighted by Crippen LogP contribution is 2.31. The van der Waals surface area contributed by atoms with Crippen LogP contribution in [-0.4, -0.2) is 14.9 Å². The summed E-state index contributed by atoms with van der Waals surface area (Å²) >= 11 is 3.34. The quantitative estimate of drug-likeness (QED) is 0.664. The summed E-state index contributed by atoms with van der Waals surface area (Å²) in [5, 5.41) is 13.9. The highest BCUT2D eigenvalue weighted by molar-refractivity contribution is 9.10. The van der Waals surface area contributed by atoms with E-state index in [9.17, 15) is 10.1 Å². The molecule has 0 saturated heterocycles. The number of aryl methyl sites for hydroxylation is 1. The minimum atomic E-state index is -0.606. The standard InChI is InChI=1S/C11H10BrN5O2/c1-6-2-3-7(12)4-8(6)16-11-9(17(18)19)10(13)14-5-15-11/h2-5H,1H3,(H3,13,14,15,16). The van der Waals surface area contributed by atoms with Crippen LogP contribution < -0.4 is 11.1 Å². The second-order valence-corrected chi connectivity index (χ2v) is 4.71. The summed E-state index contributed by atoms with van der Waals surface area (Å²) in [6.07, 6.45) is 1.18. The third-order valence-electron chi connectivity index (χ3n) is 2.49. The van der Waals surface area contributed by atoms with Gasteiger partial charge in [-0.3, -0.25) is 10.1 Å². The van der Waals surface area contributed by atoms with Crippen LogP contribution in [-0.2, 0) is 0 Å².